The second-order valence-corrected chi connectivity index (χ2v) is 11.8. The van der Waals surface area contributed by atoms with Crippen LogP contribution in [-0.4, -0.2) is 108 Å². The van der Waals surface area contributed by atoms with Gasteiger partial charge in [-0.15, -0.1) is 0 Å². The Morgan fingerprint density at radius 3 is 2.44 bits per heavy atom. The zero-order valence-electron chi connectivity index (χ0n) is 22.4. The Bertz CT molecular complexity index is 1350. The van der Waals surface area contributed by atoms with Crippen LogP contribution in [0.2, 0.25) is 5.82 Å². The Morgan fingerprint density at radius 2 is 1.83 bits per heavy atom. The largest absolute Gasteiger partial charge is 0.535 e. The molecule has 4 amide bonds. The van der Waals surface area contributed by atoms with E-state index in [4.69, 9.17) is 9.79 Å². The van der Waals surface area contributed by atoms with E-state index in [1.807, 2.05) is 0 Å². The summed E-state index contributed by atoms with van der Waals surface area (Å²) in [5.74, 6) is -4.87. The summed E-state index contributed by atoms with van der Waals surface area (Å²) in [7, 11) is -5.46. The molecule has 0 bridgehead atoms. The first-order valence-electron chi connectivity index (χ1n) is 13.2. The van der Waals surface area contributed by atoms with E-state index in [1.165, 1.54) is 17.0 Å². The predicted molar refractivity (Wildman–Crippen MR) is 143 cm³/mol. The zero-order valence-corrected chi connectivity index (χ0v) is 23.2. The number of carbonyl (C=O) groups is 5. The number of hydrogen-bond donors (Lipinski definition) is 4. The van der Waals surface area contributed by atoms with E-state index in [2.05, 4.69) is 5.32 Å². The summed E-state index contributed by atoms with van der Waals surface area (Å²) < 4.78 is 30.1. The van der Waals surface area contributed by atoms with Gasteiger partial charge in [0, 0.05) is 45.0 Å². The van der Waals surface area contributed by atoms with Crippen LogP contribution in [-0.2, 0) is 31.0 Å². The molecule has 1 aromatic carbocycles. The van der Waals surface area contributed by atoms with Crippen molar-refractivity contribution in [2.75, 3.05) is 32.7 Å². The van der Waals surface area contributed by atoms with E-state index in [0.29, 0.717) is 12.1 Å². The van der Waals surface area contributed by atoms with Gasteiger partial charge in [0.2, 0.25) is 0 Å². The predicted octanol–water partition coefficient (Wildman–Crippen LogP) is -1.19. The van der Waals surface area contributed by atoms with Crippen LogP contribution in [0, 0.1) is 5.92 Å². The third-order valence-corrected chi connectivity index (χ3v) is 8.89. The number of carbonyl (C=O) groups excluding carboxylic acids is 4. The molecule has 0 aromatic heterocycles. The van der Waals surface area contributed by atoms with Crippen LogP contribution in [0.5, 0.6) is 5.75 Å². The number of hydrogen-bond acceptors (Lipinski definition) is 9. The lowest BCUT2D eigenvalue weighted by molar-refractivity contribution is -0.153. The molecule has 2 saturated heterocycles. The number of piperazine rings is 1. The van der Waals surface area contributed by atoms with Crippen LogP contribution in [0.3, 0.4) is 0 Å². The van der Waals surface area contributed by atoms with Crippen LogP contribution in [0.4, 0.5) is 4.79 Å². The lowest BCUT2D eigenvalue weighted by atomic mass is 9.63. The average Bonchev–Trinajstić information content (AvgIpc) is 2.92. The molecule has 41 heavy (non-hydrogen) atoms. The maximum absolute atomic E-state index is 13.7. The molecular weight excluding hydrogens is 561 g/mol. The minimum Gasteiger partial charge on any atom is -0.535 e. The number of fused-ring (bicyclic) bond motifs is 1. The average molecular weight is 593 g/mol. The molecule has 3 heterocycles. The molecule has 3 aliphatic rings. The number of carboxylic acids is 1. The molecule has 1 aromatic rings. The molecule has 17 heteroatoms. The third-order valence-electron chi connectivity index (χ3n) is 7.81. The topological polar surface area (TPSA) is 217 Å². The van der Waals surface area contributed by atoms with Crippen LogP contribution in [0.1, 0.15) is 42.1 Å². The van der Waals surface area contributed by atoms with E-state index in [-0.39, 0.29) is 63.2 Å². The fraction of sp³-hybridized carbons (Fsp3) is 0.542. The Morgan fingerprint density at radius 1 is 1.15 bits per heavy atom. The summed E-state index contributed by atoms with van der Waals surface area (Å²) in [6, 6.07) is 2.40. The minimum atomic E-state index is -3.95. The number of piperidine rings is 1. The van der Waals surface area contributed by atoms with Gasteiger partial charge in [-0.2, -0.15) is 12.7 Å². The van der Waals surface area contributed by atoms with E-state index in [1.54, 1.807) is 13.0 Å². The molecule has 0 saturated carbocycles. The number of likely N-dealkylation sites (N-methyl/N-ethyl adjacent to an activating group) is 1. The number of para-hydroxylation sites is 1. The standard InChI is InChI=1S/C24H32BN5O10S/c1-2-28-10-11-30(22(33)21(28)32)24(36)27-19(14-6-8-29(9-7-14)41(26,38)39)18(31)13-16-12-15-4-3-5-17(23(34)35)20(15)40-25(16)37/h3-5,14,16,19,37H,2,6-13H2,1H3,(H,27,36)(H,34,35)(H2,26,38,39)/t16-,19?/m1/s1. The van der Waals surface area contributed by atoms with Crippen molar-refractivity contribution < 1.29 is 47.2 Å². The fourth-order valence-electron chi connectivity index (χ4n) is 5.52. The number of nitrogens with zero attached hydrogens (tertiary/aromatic N) is 3. The summed E-state index contributed by atoms with van der Waals surface area (Å²) in [6.07, 6.45) is 0.213. The van der Waals surface area contributed by atoms with Crippen molar-refractivity contribution in [2.24, 2.45) is 11.1 Å². The van der Waals surface area contributed by atoms with Gasteiger partial charge in [-0.05, 0) is 43.7 Å². The van der Waals surface area contributed by atoms with Crippen LogP contribution >= 0.6 is 0 Å². The summed E-state index contributed by atoms with van der Waals surface area (Å²) in [4.78, 5) is 65.3. The number of imide groups is 1. The van der Waals surface area contributed by atoms with Gasteiger partial charge in [-0.3, -0.25) is 19.3 Å². The van der Waals surface area contributed by atoms with Gasteiger partial charge < -0.3 is 25.0 Å². The number of amides is 4. The van der Waals surface area contributed by atoms with E-state index >= 15 is 0 Å². The second-order valence-electron chi connectivity index (χ2n) is 10.3. The summed E-state index contributed by atoms with van der Waals surface area (Å²) in [5.41, 5.74) is 0.369. The maximum atomic E-state index is 13.7. The van der Waals surface area contributed by atoms with Crippen LogP contribution < -0.4 is 15.1 Å². The number of urea groups is 1. The molecule has 0 spiro atoms. The molecule has 3 aliphatic heterocycles. The van der Waals surface area contributed by atoms with Crippen molar-refractivity contribution >= 4 is 46.9 Å². The smallest absolute Gasteiger partial charge is 0.526 e. The van der Waals surface area contributed by atoms with Gasteiger partial charge in [0.1, 0.15) is 5.75 Å². The number of Topliss-reactive ketones (excluding diaryl/α,β-unsaturated/α-hetero) is 1. The van der Waals surface area contributed by atoms with E-state index in [9.17, 15) is 42.5 Å². The summed E-state index contributed by atoms with van der Waals surface area (Å²) in [5, 5.41) is 27.9. The van der Waals surface area contributed by atoms with E-state index in [0.717, 1.165) is 9.21 Å². The van der Waals surface area contributed by atoms with Crippen molar-refractivity contribution in [1.82, 2.24) is 19.4 Å². The Kier molecular flexibility index (Phi) is 9.01. The molecule has 5 N–H and O–H groups in total. The van der Waals surface area contributed by atoms with Gasteiger partial charge in [0.25, 0.3) is 10.2 Å². The molecule has 0 radical (unpaired) electrons. The first kappa shape index (κ1) is 30.4. The van der Waals surface area contributed by atoms with Gasteiger partial charge in [-0.1, -0.05) is 12.1 Å². The highest BCUT2D eigenvalue weighted by atomic mass is 32.2. The van der Waals surface area contributed by atoms with Crippen molar-refractivity contribution in [3.63, 3.8) is 0 Å². The highest BCUT2D eigenvalue weighted by Gasteiger charge is 2.43. The summed E-state index contributed by atoms with van der Waals surface area (Å²) in [6.45, 7) is 2.10. The van der Waals surface area contributed by atoms with Crippen molar-refractivity contribution in [3.05, 3.63) is 29.3 Å². The van der Waals surface area contributed by atoms with Crippen molar-refractivity contribution in [2.45, 2.75) is 44.5 Å². The Hall–Kier alpha value is -3.54. The quantitative estimate of drug-likeness (QED) is 0.209. The third kappa shape index (κ3) is 6.53. The number of benzene rings is 1. The molecule has 15 nitrogen and oxygen atoms in total. The van der Waals surface area contributed by atoms with Gasteiger partial charge >= 0.3 is 30.9 Å². The lowest BCUT2D eigenvalue weighted by Gasteiger charge is -2.37. The first-order valence-corrected chi connectivity index (χ1v) is 14.7. The molecule has 2 fully saturated rings. The molecule has 4 rings (SSSR count). The maximum Gasteiger partial charge on any atom is 0.526 e. The van der Waals surface area contributed by atoms with Crippen LogP contribution in [0.25, 0.3) is 0 Å². The van der Waals surface area contributed by atoms with Gasteiger partial charge in [0.15, 0.2) is 5.78 Å². The first-order chi connectivity index (χ1) is 19.3. The number of rotatable bonds is 8. The van der Waals surface area contributed by atoms with E-state index < -0.39 is 64.7 Å². The molecule has 222 valence electrons. The fourth-order valence-corrected chi connectivity index (χ4v) is 6.24. The molecular formula is C24H32BN5O10S. The molecule has 2 atom stereocenters. The Labute approximate surface area is 236 Å². The van der Waals surface area contributed by atoms with Crippen molar-refractivity contribution in [1.29, 1.82) is 0 Å². The lowest BCUT2D eigenvalue weighted by Crippen LogP contribution is -2.61. The number of aromatic carboxylic acids is 1. The molecule has 1 unspecified atom stereocenters. The number of carboxylic acid groups (broad SMARTS) is 1. The minimum absolute atomic E-state index is 0.0102. The number of nitrogens with one attached hydrogen (secondary N) is 1. The normalized spacial score (nSPS) is 21.2. The Balaban J connectivity index is 1.53. The highest BCUT2D eigenvalue weighted by molar-refractivity contribution is 7.86. The van der Waals surface area contributed by atoms with Gasteiger partial charge in [0.05, 0.1) is 11.6 Å². The molecule has 0 aliphatic carbocycles. The van der Waals surface area contributed by atoms with Crippen LogP contribution in [0.15, 0.2) is 18.2 Å². The zero-order chi connectivity index (χ0) is 30.1. The highest BCUT2D eigenvalue weighted by Crippen LogP contribution is 2.37. The number of nitrogens with two attached hydrogens (primary N) is 1. The SMILES string of the molecule is CCN1CCN(C(=O)NC(C(=O)C[C@H]2Cc3cccc(C(=O)O)c3OB2O)C2CCN(S(N)(=O)=O)CC2)C(=O)C1=O. The summed E-state index contributed by atoms with van der Waals surface area (Å²) >= 11 is 0. The van der Waals surface area contributed by atoms with Gasteiger partial charge in [-0.25, -0.2) is 14.7 Å². The second kappa shape index (κ2) is 12.1. The number of ketones is 1. The van der Waals surface area contributed by atoms with Crippen molar-refractivity contribution in [3.8, 4) is 5.75 Å². The monoisotopic (exact) mass is 593 g/mol.